The van der Waals surface area contributed by atoms with E-state index in [9.17, 15) is 14.4 Å². The lowest BCUT2D eigenvalue weighted by molar-refractivity contribution is -0.154. The molecule has 4 nitrogen and oxygen atoms in total. The molecule has 2 bridgehead atoms. The van der Waals surface area contributed by atoms with Gasteiger partial charge in [-0.1, -0.05) is 0 Å². The standard InChI is InChI=1S/C10H12O4/c1-14-10(13)7-4-8(11)6-3-2-5(7)9(6)12/h5-7H,2-4H2,1H3. The van der Waals surface area contributed by atoms with Crippen LogP contribution in [-0.2, 0) is 19.1 Å². The summed E-state index contributed by atoms with van der Waals surface area (Å²) in [6.45, 7) is 0. The Labute approximate surface area is 81.6 Å². The molecule has 76 valence electrons. The first-order valence-electron chi connectivity index (χ1n) is 4.79. The fraction of sp³-hybridized carbons (Fsp3) is 0.700. The van der Waals surface area contributed by atoms with Crippen molar-refractivity contribution >= 4 is 17.5 Å². The maximum Gasteiger partial charge on any atom is 0.309 e. The van der Waals surface area contributed by atoms with Crippen LogP contribution in [0, 0.1) is 17.8 Å². The highest BCUT2D eigenvalue weighted by molar-refractivity contribution is 6.09. The average molecular weight is 196 g/mol. The molecule has 2 aliphatic carbocycles. The molecular formula is C10H12O4. The summed E-state index contributed by atoms with van der Waals surface area (Å²) in [7, 11) is 1.29. The maximum absolute atomic E-state index is 11.6. The topological polar surface area (TPSA) is 60.4 Å². The van der Waals surface area contributed by atoms with E-state index in [1.165, 1.54) is 7.11 Å². The van der Waals surface area contributed by atoms with Gasteiger partial charge in [0.2, 0.25) is 0 Å². The van der Waals surface area contributed by atoms with E-state index in [2.05, 4.69) is 4.74 Å². The van der Waals surface area contributed by atoms with E-state index >= 15 is 0 Å². The van der Waals surface area contributed by atoms with Crippen LogP contribution in [0.15, 0.2) is 0 Å². The highest BCUT2D eigenvalue weighted by Crippen LogP contribution is 2.41. The molecule has 0 aliphatic heterocycles. The van der Waals surface area contributed by atoms with Gasteiger partial charge in [0.25, 0.3) is 0 Å². The van der Waals surface area contributed by atoms with Gasteiger partial charge < -0.3 is 4.74 Å². The van der Waals surface area contributed by atoms with Crippen molar-refractivity contribution in [3.05, 3.63) is 0 Å². The quantitative estimate of drug-likeness (QED) is 0.448. The molecule has 0 saturated heterocycles. The van der Waals surface area contributed by atoms with Crippen molar-refractivity contribution in [2.45, 2.75) is 19.3 Å². The molecule has 0 spiro atoms. The molecule has 3 unspecified atom stereocenters. The smallest absolute Gasteiger partial charge is 0.309 e. The minimum absolute atomic E-state index is 0.0448. The Morgan fingerprint density at radius 3 is 2.71 bits per heavy atom. The second kappa shape index (κ2) is 3.19. The molecule has 4 heteroatoms. The molecular weight excluding hydrogens is 184 g/mol. The summed E-state index contributed by atoms with van der Waals surface area (Å²) in [5.74, 6) is -1.74. The number of ether oxygens (including phenoxy) is 1. The van der Waals surface area contributed by atoms with Gasteiger partial charge in [0.15, 0.2) is 0 Å². The second-order valence-corrected chi connectivity index (χ2v) is 3.94. The molecule has 0 aromatic carbocycles. The van der Waals surface area contributed by atoms with Gasteiger partial charge in [-0.2, -0.15) is 0 Å². The Hall–Kier alpha value is -1.19. The summed E-state index contributed by atoms with van der Waals surface area (Å²) in [4.78, 5) is 34.4. The van der Waals surface area contributed by atoms with Gasteiger partial charge in [0, 0.05) is 12.3 Å². The predicted octanol–water partition coefficient (Wildman–Crippen LogP) is 0.344. The van der Waals surface area contributed by atoms with E-state index in [-0.39, 0.29) is 23.9 Å². The molecule has 2 aliphatic rings. The number of Topliss-reactive ketones (excluding diaryl/α,β-unsaturated/α-hetero) is 2. The molecule has 2 rings (SSSR count). The first-order valence-corrected chi connectivity index (χ1v) is 4.79. The molecule has 0 aromatic heterocycles. The Kier molecular flexibility index (Phi) is 2.13. The van der Waals surface area contributed by atoms with Crippen molar-refractivity contribution in [3.63, 3.8) is 0 Å². The van der Waals surface area contributed by atoms with Gasteiger partial charge >= 0.3 is 5.97 Å². The number of esters is 1. The molecule has 2 saturated carbocycles. The van der Waals surface area contributed by atoms with Gasteiger partial charge in [-0.25, -0.2) is 0 Å². The molecule has 3 atom stereocenters. The van der Waals surface area contributed by atoms with Crippen molar-refractivity contribution in [1.29, 1.82) is 0 Å². The normalized spacial score (nSPS) is 35.9. The minimum atomic E-state index is -0.515. The predicted molar refractivity (Wildman–Crippen MR) is 46.4 cm³/mol. The molecule has 0 aromatic rings. The van der Waals surface area contributed by atoms with E-state index in [1.807, 2.05) is 0 Å². The van der Waals surface area contributed by atoms with Crippen LogP contribution in [0.5, 0.6) is 0 Å². The van der Waals surface area contributed by atoms with Gasteiger partial charge in [-0.3, -0.25) is 14.4 Å². The third-order valence-corrected chi connectivity index (χ3v) is 3.27. The van der Waals surface area contributed by atoms with Crippen LogP contribution in [0.25, 0.3) is 0 Å². The van der Waals surface area contributed by atoms with Gasteiger partial charge in [0.05, 0.1) is 18.9 Å². The number of hydrogen-bond donors (Lipinski definition) is 0. The van der Waals surface area contributed by atoms with Gasteiger partial charge in [-0.05, 0) is 12.8 Å². The summed E-state index contributed by atoms with van der Waals surface area (Å²) in [6.07, 6.45) is 1.47. The summed E-state index contributed by atoms with van der Waals surface area (Å²) >= 11 is 0. The number of fused-ring (bicyclic) bond motifs is 2. The van der Waals surface area contributed by atoms with E-state index in [4.69, 9.17) is 0 Å². The zero-order chi connectivity index (χ0) is 10.3. The minimum Gasteiger partial charge on any atom is -0.469 e. The largest absolute Gasteiger partial charge is 0.469 e. The molecule has 0 radical (unpaired) electrons. The van der Waals surface area contributed by atoms with Crippen molar-refractivity contribution in [3.8, 4) is 0 Å². The summed E-state index contributed by atoms with van der Waals surface area (Å²) in [5, 5.41) is 0. The first kappa shape index (κ1) is 9.37. The monoisotopic (exact) mass is 196 g/mol. The molecule has 2 fully saturated rings. The van der Waals surface area contributed by atoms with E-state index < -0.39 is 17.8 Å². The Bertz CT molecular complexity index is 307. The number of carbonyl (C=O) groups is 3. The second-order valence-electron chi connectivity index (χ2n) is 3.94. The summed E-state index contributed by atoms with van der Waals surface area (Å²) in [5.41, 5.74) is 0. The van der Waals surface area contributed by atoms with Gasteiger partial charge in [-0.15, -0.1) is 0 Å². The fourth-order valence-electron chi connectivity index (χ4n) is 2.51. The van der Waals surface area contributed by atoms with Crippen LogP contribution in [0.4, 0.5) is 0 Å². The summed E-state index contributed by atoms with van der Waals surface area (Å²) in [6, 6.07) is 0. The number of hydrogen-bond acceptors (Lipinski definition) is 4. The van der Waals surface area contributed by atoms with E-state index in [1.54, 1.807) is 0 Å². The van der Waals surface area contributed by atoms with Crippen molar-refractivity contribution in [2.24, 2.45) is 17.8 Å². The average Bonchev–Trinajstić information content (AvgIpc) is 2.44. The van der Waals surface area contributed by atoms with E-state index in [0.29, 0.717) is 12.8 Å². The zero-order valence-corrected chi connectivity index (χ0v) is 7.99. The third-order valence-electron chi connectivity index (χ3n) is 3.27. The zero-order valence-electron chi connectivity index (χ0n) is 7.99. The maximum atomic E-state index is 11.6. The van der Waals surface area contributed by atoms with Crippen molar-refractivity contribution in [2.75, 3.05) is 7.11 Å². The number of carbonyl (C=O) groups excluding carboxylic acids is 3. The van der Waals surface area contributed by atoms with Crippen LogP contribution < -0.4 is 0 Å². The molecule has 14 heavy (non-hydrogen) atoms. The number of methoxy groups -OCH3 is 1. The molecule has 0 heterocycles. The Morgan fingerprint density at radius 2 is 2.07 bits per heavy atom. The Balaban J connectivity index is 2.25. The van der Waals surface area contributed by atoms with Crippen LogP contribution in [0.3, 0.4) is 0 Å². The Morgan fingerprint density at radius 1 is 1.36 bits per heavy atom. The SMILES string of the molecule is COC(=O)C1CC(=O)C2CCC1C2=O. The number of ketones is 2. The first-order chi connectivity index (χ1) is 6.65. The van der Waals surface area contributed by atoms with Crippen LogP contribution in [0.1, 0.15) is 19.3 Å². The van der Waals surface area contributed by atoms with Crippen molar-refractivity contribution < 1.29 is 19.1 Å². The highest BCUT2D eigenvalue weighted by atomic mass is 16.5. The van der Waals surface area contributed by atoms with Crippen molar-refractivity contribution in [1.82, 2.24) is 0 Å². The molecule has 0 amide bonds. The number of rotatable bonds is 1. The third kappa shape index (κ3) is 1.17. The lowest BCUT2D eigenvalue weighted by Crippen LogP contribution is -2.38. The van der Waals surface area contributed by atoms with Crippen LogP contribution >= 0.6 is 0 Å². The van der Waals surface area contributed by atoms with Crippen LogP contribution in [-0.4, -0.2) is 24.6 Å². The lowest BCUT2D eigenvalue weighted by atomic mass is 9.78. The lowest BCUT2D eigenvalue weighted by Gasteiger charge is -2.24. The fourth-order valence-corrected chi connectivity index (χ4v) is 2.51. The summed E-state index contributed by atoms with van der Waals surface area (Å²) < 4.78 is 4.59. The highest BCUT2D eigenvalue weighted by Gasteiger charge is 2.50. The van der Waals surface area contributed by atoms with Gasteiger partial charge in [0.1, 0.15) is 11.6 Å². The molecule has 0 N–H and O–H groups in total. The van der Waals surface area contributed by atoms with Crippen LogP contribution in [0.2, 0.25) is 0 Å². The van der Waals surface area contributed by atoms with E-state index in [0.717, 1.165) is 0 Å².